The highest BCUT2D eigenvalue weighted by atomic mass is 32.1. The van der Waals surface area contributed by atoms with Gasteiger partial charge in [-0.05, 0) is 42.1 Å². The van der Waals surface area contributed by atoms with Gasteiger partial charge in [-0.15, -0.1) is 16.4 Å². The molecule has 7 heteroatoms. The van der Waals surface area contributed by atoms with Crippen LogP contribution in [0, 0.1) is 5.82 Å². The normalized spacial score (nSPS) is 14.2. The number of oxazole rings is 1. The molecule has 0 saturated carbocycles. The van der Waals surface area contributed by atoms with E-state index >= 15 is 0 Å². The number of aromatic nitrogens is 1. The van der Waals surface area contributed by atoms with Gasteiger partial charge >= 0.3 is 5.76 Å². The molecule has 0 atom stereocenters. The van der Waals surface area contributed by atoms with Gasteiger partial charge in [0.05, 0.1) is 15.1 Å². The molecule has 5 rings (SSSR count). The highest BCUT2D eigenvalue weighted by molar-refractivity contribution is 7.21. The first-order chi connectivity index (χ1) is 12.6. The van der Waals surface area contributed by atoms with E-state index in [1.807, 2.05) is 25.1 Å². The number of H-pyrrole nitrogens is 1. The molecule has 2 aromatic carbocycles. The number of hydrogen-bond donors (Lipinski definition) is 1. The summed E-state index contributed by atoms with van der Waals surface area (Å²) in [6.07, 6.45) is 0.616. The molecule has 4 aromatic rings. The van der Waals surface area contributed by atoms with Gasteiger partial charge in [0.15, 0.2) is 5.58 Å². The van der Waals surface area contributed by atoms with Crippen molar-refractivity contribution in [2.45, 2.75) is 13.3 Å². The molecule has 0 spiro atoms. The molecule has 0 radical (unpaired) electrons. The molecule has 0 unspecified atom stereocenters. The largest absolute Gasteiger partial charge is 0.417 e. The minimum Gasteiger partial charge on any atom is -0.408 e. The van der Waals surface area contributed by atoms with Crippen LogP contribution in [-0.2, 0) is 6.42 Å². The molecule has 128 valence electrons. The highest BCUT2D eigenvalue weighted by Gasteiger charge is 2.20. The molecule has 0 saturated heterocycles. The molecule has 2 aromatic heterocycles. The minimum absolute atomic E-state index is 0.250. The molecule has 1 aliphatic rings. The van der Waals surface area contributed by atoms with Crippen molar-refractivity contribution < 1.29 is 8.81 Å². The van der Waals surface area contributed by atoms with Crippen LogP contribution in [0.2, 0.25) is 0 Å². The smallest absolute Gasteiger partial charge is 0.408 e. The third-order valence-electron chi connectivity index (χ3n) is 4.40. The van der Waals surface area contributed by atoms with Crippen LogP contribution >= 0.6 is 11.3 Å². The first-order valence-corrected chi connectivity index (χ1v) is 8.86. The van der Waals surface area contributed by atoms with Crippen LogP contribution in [0.25, 0.3) is 21.2 Å². The fraction of sp³-hybridized carbons (Fsp3) is 0.105. The second-order valence-corrected chi connectivity index (χ2v) is 7.30. The van der Waals surface area contributed by atoms with Gasteiger partial charge in [0.2, 0.25) is 0 Å². The molecule has 1 N–H and O–H groups in total. The number of fused-ring (bicyclic) bond motifs is 3. The van der Waals surface area contributed by atoms with Gasteiger partial charge in [-0.25, -0.2) is 9.18 Å². The second-order valence-electron chi connectivity index (χ2n) is 6.25. The first-order valence-electron chi connectivity index (χ1n) is 8.04. The lowest BCUT2D eigenvalue weighted by Gasteiger charge is -2.07. The average Bonchev–Trinajstić information content (AvgIpc) is 3.14. The monoisotopic (exact) mass is 365 g/mol. The summed E-state index contributed by atoms with van der Waals surface area (Å²) in [5.41, 5.74) is 4.46. The quantitative estimate of drug-likeness (QED) is 0.548. The van der Waals surface area contributed by atoms with Gasteiger partial charge in [0.1, 0.15) is 11.5 Å². The van der Waals surface area contributed by atoms with Gasteiger partial charge in [-0.2, -0.15) is 5.10 Å². The van der Waals surface area contributed by atoms with E-state index in [1.165, 1.54) is 17.4 Å². The van der Waals surface area contributed by atoms with E-state index in [4.69, 9.17) is 4.42 Å². The summed E-state index contributed by atoms with van der Waals surface area (Å²) in [5, 5.41) is 9.54. The summed E-state index contributed by atoms with van der Waals surface area (Å²) in [7, 11) is 0. The van der Waals surface area contributed by atoms with Crippen molar-refractivity contribution in [2.24, 2.45) is 10.2 Å². The van der Waals surface area contributed by atoms with Crippen molar-refractivity contribution in [3.8, 4) is 0 Å². The van der Waals surface area contributed by atoms with Gasteiger partial charge in [-0.3, -0.25) is 4.98 Å². The van der Waals surface area contributed by atoms with E-state index < -0.39 is 5.76 Å². The predicted molar refractivity (Wildman–Crippen MR) is 101 cm³/mol. The Morgan fingerprint density at radius 3 is 2.96 bits per heavy atom. The lowest BCUT2D eigenvalue weighted by atomic mass is 9.97. The van der Waals surface area contributed by atoms with Crippen LogP contribution < -0.4 is 5.76 Å². The number of nitrogens with one attached hydrogen (secondary N) is 1. The van der Waals surface area contributed by atoms with E-state index in [0.29, 0.717) is 27.9 Å². The Kier molecular flexibility index (Phi) is 3.20. The maximum Gasteiger partial charge on any atom is 0.417 e. The van der Waals surface area contributed by atoms with E-state index in [1.54, 1.807) is 12.1 Å². The lowest BCUT2D eigenvalue weighted by molar-refractivity contribution is 0.555. The maximum atomic E-state index is 14.1. The third-order valence-corrected chi connectivity index (χ3v) is 5.56. The Hall–Kier alpha value is -3.06. The molecule has 0 amide bonds. The highest BCUT2D eigenvalue weighted by Crippen LogP contribution is 2.32. The van der Waals surface area contributed by atoms with Gasteiger partial charge in [-0.1, -0.05) is 12.1 Å². The van der Waals surface area contributed by atoms with Crippen molar-refractivity contribution in [3.63, 3.8) is 0 Å². The minimum atomic E-state index is -0.493. The standard InChI is InChI=1S/C19H12FN3O2S/c1-9-5-11-6-14-15(25-19(24)21-14)8-12(11)17(23-22-9)16-7-10-3-2-4-13(20)18(10)26-16/h2-4,6-8H,5H2,1H3,(H,21,24). The van der Waals surface area contributed by atoms with Crippen molar-refractivity contribution in [3.05, 3.63) is 68.8 Å². The van der Waals surface area contributed by atoms with Crippen LogP contribution in [0.1, 0.15) is 22.9 Å². The Bertz CT molecular complexity index is 1310. The summed E-state index contributed by atoms with van der Waals surface area (Å²) in [5.74, 6) is -0.743. The molecule has 26 heavy (non-hydrogen) atoms. The van der Waals surface area contributed by atoms with Crippen LogP contribution in [0.15, 0.2) is 55.8 Å². The molecular formula is C19H12FN3O2S. The molecule has 3 heterocycles. The Morgan fingerprint density at radius 2 is 2.12 bits per heavy atom. The molecule has 0 aliphatic carbocycles. The number of thiophene rings is 1. The van der Waals surface area contributed by atoms with Crippen LogP contribution in [0.3, 0.4) is 0 Å². The van der Waals surface area contributed by atoms with Crippen LogP contribution in [0.5, 0.6) is 0 Å². The number of hydrogen-bond acceptors (Lipinski definition) is 5. The third kappa shape index (κ3) is 2.32. The van der Waals surface area contributed by atoms with E-state index in [2.05, 4.69) is 15.2 Å². The fourth-order valence-corrected chi connectivity index (χ4v) is 4.30. The number of nitrogens with zero attached hydrogens (tertiary/aromatic N) is 2. The molecule has 0 fully saturated rings. The molecular weight excluding hydrogens is 353 g/mol. The number of aromatic amines is 1. The fourth-order valence-electron chi connectivity index (χ4n) is 3.24. The van der Waals surface area contributed by atoms with Crippen molar-refractivity contribution in [2.75, 3.05) is 0 Å². The van der Waals surface area contributed by atoms with E-state index in [9.17, 15) is 9.18 Å². The summed E-state index contributed by atoms with van der Waals surface area (Å²) in [4.78, 5) is 15.0. The van der Waals surface area contributed by atoms with Gasteiger partial charge < -0.3 is 4.42 Å². The van der Waals surface area contributed by atoms with Crippen molar-refractivity contribution in [1.82, 2.24) is 4.98 Å². The zero-order chi connectivity index (χ0) is 17.8. The summed E-state index contributed by atoms with van der Waals surface area (Å²) in [6, 6.07) is 10.6. The summed E-state index contributed by atoms with van der Waals surface area (Å²) in [6.45, 7) is 1.91. The second kappa shape index (κ2) is 5.47. The topological polar surface area (TPSA) is 70.7 Å². The van der Waals surface area contributed by atoms with Crippen LogP contribution in [-0.4, -0.2) is 16.4 Å². The Labute approximate surface area is 150 Å². The zero-order valence-corrected chi connectivity index (χ0v) is 14.5. The lowest BCUT2D eigenvalue weighted by Crippen LogP contribution is -2.05. The average molecular weight is 365 g/mol. The summed E-state index contributed by atoms with van der Waals surface area (Å²) < 4.78 is 19.9. The molecule has 0 bridgehead atoms. The number of benzene rings is 2. The van der Waals surface area contributed by atoms with Crippen molar-refractivity contribution >= 4 is 43.9 Å². The first kappa shape index (κ1) is 15.2. The Morgan fingerprint density at radius 1 is 1.23 bits per heavy atom. The summed E-state index contributed by atoms with van der Waals surface area (Å²) >= 11 is 1.34. The van der Waals surface area contributed by atoms with Gasteiger partial charge in [0.25, 0.3) is 0 Å². The van der Waals surface area contributed by atoms with Gasteiger partial charge in [0, 0.05) is 17.7 Å². The van der Waals surface area contributed by atoms with Crippen molar-refractivity contribution in [1.29, 1.82) is 0 Å². The Balaban J connectivity index is 1.79. The molecule has 5 nitrogen and oxygen atoms in total. The maximum absolute atomic E-state index is 14.1. The number of rotatable bonds is 1. The molecule has 1 aliphatic heterocycles. The van der Waals surface area contributed by atoms with Crippen LogP contribution in [0.4, 0.5) is 4.39 Å². The van der Waals surface area contributed by atoms with E-state index in [-0.39, 0.29) is 5.82 Å². The van der Waals surface area contributed by atoms with E-state index in [0.717, 1.165) is 27.1 Å². The zero-order valence-electron chi connectivity index (χ0n) is 13.7. The predicted octanol–water partition coefficient (Wildman–Crippen LogP) is 4.24. The number of halogens is 1. The SMILES string of the molecule is CC1=NN=C(c2cc3cccc(F)c3s2)c2cc3oc(=O)[nH]c3cc2C1.